The van der Waals surface area contributed by atoms with Gasteiger partial charge in [-0.05, 0) is 32.7 Å². The van der Waals surface area contributed by atoms with Crippen LogP contribution in [0, 0.1) is 5.92 Å². The number of likely N-dealkylation sites (N-methyl/N-ethyl adjacent to an activating group) is 1. The molecule has 1 fully saturated rings. The Kier molecular flexibility index (Phi) is 4.95. The van der Waals surface area contributed by atoms with E-state index in [1.165, 1.54) is 33.3 Å². The Bertz CT molecular complexity index is 265. The lowest BCUT2D eigenvalue weighted by molar-refractivity contribution is -0.162. The SMILES string of the molecule is COC(=O)C(C)(O)CN(C)C1CCCCC1C. The van der Waals surface area contributed by atoms with E-state index in [0.29, 0.717) is 18.5 Å². The summed E-state index contributed by atoms with van der Waals surface area (Å²) in [6.45, 7) is 4.09. The smallest absolute Gasteiger partial charge is 0.338 e. The third kappa shape index (κ3) is 3.68. The average Bonchev–Trinajstić information content (AvgIpc) is 2.27. The lowest BCUT2D eigenvalue weighted by Crippen LogP contribution is -2.51. The number of ether oxygens (including phenoxy) is 1. The van der Waals surface area contributed by atoms with Crippen LogP contribution < -0.4 is 0 Å². The van der Waals surface area contributed by atoms with Crippen molar-refractivity contribution in [3.05, 3.63) is 0 Å². The average molecular weight is 243 g/mol. The van der Waals surface area contributed by atoms with E-state index in [1.54, 1.807) is 0 Å². The van der Waals surface area contributed by atoms with E-state index in [-0.39, 0.29) is 0 Å². The van der Waals surface area contributed by atoms with Crippen molar-refractivity contribution in [1.82, 2.24) is 4.90 Å². The molecule has 1 rings (SSSR count). The van der Waals surface area contributed by atoms with Crippen LogP contribution in [0.4, 0.5) is 0 Å². The fraction of sp³-hybridized carbons (Fsp3) is 0.923. The number of carbonyl (C=O) groups excluding carboxylic acids is 1. The fourth-order valence-electron chi connectivity index (χ4n) is 2.84. The van der Waals surface area contributed by atoms with Gasteiger partial charge in [0.2, 0.25) is 0 Å². The first kappa shape index (κ1) is 14.5. The second kappa shape index (κ2) is 5.83. The lowest BCUT2D eigenvalue weighted by atomic mass is 9.84. The molecule has 4 heteroatoms. The minimum atomic E-state index is -1.42. The molecule has 1 saturated carbocycles. The predicted molar refractivity (Wildman–Crippen MR) is 66.7 cm³/mol. The Morgan fingerprint density at radius 2 is 2.06 bits per heavy atom. The van der Waals surface area contributed by atoms with E-state index in [2.05, 4.69) is 16.6 Å². The first-order chi connectivity index (χ1) is 7.88. The van der Waals surface area contributed by atoms with Crippen molar-refractivity contribution >= 4 is 5.97 Å². The summed E-state index contributed by atoms with van der Waals surface area (Å²) in [4.78, 5) is 13.5. The molecule has 0 aromatic heterocycles. The maximum Gasteiger partial charge on any atom is 0.338 e. The summed E-state index contributed by atoms with van der Waals surface area (Å²) >= 11 is 0. The van der Waals surface area contributed by atoms with Crippen LogP contribution in [0.25, 0.3) is 0 Å². The minimum Gasteiger partial charge on any atom is -0.467 e. The van der Waals surface area contributed by atoms with E-state index in [0.717, 1.165) is 6.42 Å². The maximum absolute atomic E-state index is 11.4. The highest BCUT2D eigenvalue weighted by Gasteiger charge is 2.36. The van der Waals surface area contributed by atoms with Gasteiger partial charge in [-0.15, -0.1) is 0 Å². The second-order valence-corrected chi connectivity index (χ2v) is 5.51. The summed E-state index contributed by atoms with van der Waals surface area (Å²) < 4.78 is 4.61. The highest BCUT2D eigenvalue weighted by atomic mass is 16.5. The van der Waals surface area contributed by atoms with Gasteiger partial charge in [-0.3, -0.25) is 4.90 Å². The number of methoxy groups -OCH3 is 1. The van der Waals surface area contributed by atoms with E-state index in [1.807, 2.05) is 7.05 Å². The van der Waals surface area contributed by atoms with Gasteiger partial charge in [-0.1, -0.05) is 19.8 Å². The summed E-state index contributed by atoms with van der Waals surface area (Å²) in [7, 11) is 3.28. The molecular weight excluding hydrogens is 218 g/mol. The zero-order chi connectivity index (χ0) is 13.1. The van der Waals surface area contributed by atoms with Crippen LogP contribution in [0.2, 0.25) is 0 Å². The molecule has 0 saturated heterocycles. The number of hydrogen-bond acceptors (Lipinski definition) is 4. The summed E-state index contributed by atoms with van der Waals surface area (Å²) in [6, 6.07) is 0.458. The van der Waals surface area contributed by atoms with Crippen LogP contribution >= 0.6 is 0 Å². The molecule has 0 bridgehead atoms. The van der Waals surface area contributed by atoms with Gasteiger partial charge < -0.3 is 9.84 Å². The van der Waals surface area contributed by atoms with Crippen molar-refractivity contribution in [3.8, 4) is 0 Å². The van der Waals surface area contributed by atoms with E-state index in [9.17, 15) is 9.90 Å². The summed E-state index contributed by atoms with van der Waals surface area (Å²) in [6.07, 6.45) is 4.91. The lowest BCUT2D eigenvalue weighted by Gasteiger charge is -2.38. The first-order valence-electron chi connectivity index (χ1n) is 6.39. The molecule has 17 heavy (non-hydrogen) atoms. The topological polar surface area (TPSA) is 49.8 Å². The number of carbonyl (C=O) groups is 1. The van der Waals surface area contributed by atoms with Gasteiger partial charge in [0.05, 0.1) is 7.11 Å². The van der Waals surface area contributed by atoms with Crippen molar-refractivity contribution in [2.45, 2.75) is 51.2 Å². The van der Waals surface area contributed by atoms with Crippen molar-refractivity contribution in [2.75, 3.05) is 20.7 Å². The molecule has 4 nitrogen and oxygen atoms in total. The molecule has 0 radical (unpaired) electrons. The van der Waals surface area contributed by atoms with Crippen LogP contribution in [0.15, 0.2) is 0 Å². The molecule has 1 aliphatic carbocycles. The van der Waals surface area contributed by atoms with E-state index < -0.39 is 11.6 Å². The highest BCUT2D eigenvalue weighted by molar-refractivity contribution is 5.78. The molecule has 1 N–H and O–H groups in total. The summed E-state index contributed by atoms with van der Waals surface area (Å²) in [5.41, 5.74) is -1.42. The van der Waals surface area contributed by atoms with Crippen LogP contribution in [0.3, 0.4) is 0 Å². The van der Waals surface area contributed by atoms with Gasteiger partial charge in [-0.25, -0.2) is 4.79 Å². The second-order valence-electron chi connectivity index (χ2n) is 5.51. The molecular formula is C13H25NO3. The van der Waals surface area contributed by atoms with Gasteiger partial charge in [0.15, 0.2) is 5.60 Å². The van der Waals surface area contributed by atoms with Gasteiger partial charge in [0.25, 0.3) is 0 Å². The Hall–Kier alpha value is -0.610. The monoisotopic (exact) mass is 243 g/mol. The maximum atomic E-state index is 11.4. The molecule has 3 unspecified atom stereocenters. The van der Waals surface area contributed by atoms with Gasteiger partial charge >= 0.3 is 5.97 Å². The number of nitrogens with zero attached hydrogens (tertiary/aromatic N) is 1. The third-order valence-electron chi connectivity index (χ3n) is 3.81. The molecule has 100 valence electrons. The minimum absolute atomic E-state index is 0.328. The molecule has 0 spiro atoms. The van der Waals surface area contributed by atoms with Crippen LogP contribution in [0.5, 0.6) is 0 Å². The number of esters is 1. The van der Waals surface area contributed by atoms with Crippen molar-refractivity contribution in [2.24, 2.45) is 5.92 Å². The summed E-state index contributed by atoms with van der Waals surface area (Å²) in [5, 5.41) is 10.1. The van der Waals surface area contributed by atoms with Crippen LogP contribution in [0.1, 0.15) is 39.5 Å². The zero-order valence-electron chi connectivity index (χ0n) is 11.4. The summed E-state index contributed by atoms with van der Waals surface area (Å²) in [5.74, 6) is 0.0648. The standard InChI is InChI=1S/C13H25NO3/c1-10-7-5-6-8-11(10)14(3)9-13(2,16)12(15)17-4/h10-11,16H,5-9H2,1-4H3. The van der Waals surface area contributed by atoms with Crippen molar-refractivity contribution < 1.29 is 14.6 Å². The Morgan fingerprint density at radius 1 is 1.47 bits per heavy atom. The quantitative estimate of drug-likeness (QED) is 0.759. The van der Waals surface area contributed by atoms with Gasteiger partial charge in [-0.2, -0.15) is 0 Å². The largest absolute Gasteiger partial charge is 0.467 e. The Balaban J connectivity index is 2.58. The van der Waals surface area contributed by atoms with Gasteiger partial charge in [0, 0.05) is 12.6 Å². The van der Waals surface area contributed by atoms with E-state index >= 15 is 0 Å². The Morgan fingerprint density at radius 3 is 2.59 bits per heavy atom. The normalized spacial score (nSPS) is 28.8. The predicted octanol–water partition coefficient (Wildman–Crippen LogP) is 1.42. The molecule has 0 amide bonds. The third-order valence-corrected chi connectivity index (χ3v) is 3.81. The first-order valence-corrected chi connectivity index (χ1v) is 6.39. The number of rotatable bonds is 4. The molecule has 1 aliphatic rings. The molecule has 0 aromatic carbocycles. The zero-order valence-corrected chi connectivity index (χ0v) is 11.4. The molecule has 0 heterocycles. The fourth-order valence-corrected chi connectivity index (χ4v) is 2.84. The van der Waals surface area contributed by atoms with Gasteiger partial charge in [0.1, 0.15) is 0 Å². The number of hydrogen-bond donors (Lipinski definition) is 1. The van der Waals surface area contributed by atoms with Crippen LogP contribution in [-0.4, -0.2) is 48.3 Å². The van der Waals surface area contributed by atoms with Crippen molar-refractivity contribution in [1.29, 1.82) is 0 Å². The Labute approximate surface area is 104 Å². The molecule has 3 atom stereocenters. The van der Waals surface area contributed by atoms with Crippen molar-refractivity contribution in [3.63, 3.8) is 0 Å². The number of aliphatic hydroxyl groups is 1. The highest BCUT2D eigenvalue weighted by Crippen LogP contribution is 2.28. The molecule has 0 aromatic rings. The van der Waals surface area contributed by atoms with E-state index in [4.69, 9.17) is 0 Å². The molecule has 0 aliphatic heterocycles. The van der Waals surface area contributed by atoms with Crippen LogP contribution in [-0.2, 0) is 9.53 Å².